The van der Waals surface area contributed by atoms with Crippen LogP contribution in [-0.2, 0) is 22.3 Å². The molecule has 2 N–H and O–H groups in total. The number of hydrogen-bond acceptors (Lipinski definition) is 4. The first kappa shape index (κ1) is 24.2. The van der Waals surface area contributed by atoms with Crippen LogP contribution in [0.2, 0.25) is 0 Å². The van der Waals surface area contributed by atoms with Crippen LogP contribution in [-0.4, -0.2) is 23.5 Å². The third kappa shape index (κ3) is 7.31. The third-order valence-corrected chi connectivity index (χ3v) is 4.32. The van der Waals surface area contributed by atoms with Gasteiger partial charge in [-0.05, 0) is 51.0 Å². The lowest BCUT2D eigenvalue weighted by atomic mass is 10.1. The lowest BCUT2D eigenvalue weighted by Gasteiger charge is -2.24. The van der Waals surface area contributed by atoms with Crippen molar-refractivity contribution in [2.24, 2.45) is 0 Å². The largest absolute Gasteiger partial charge is 0.458 e. The monoisotopic (exact) mass is 436 g/mol. The number of rotatable bonds is 7. The minimum Gasteiger partial charge on any atom is -0.458 e. The second-order valence-corrected chi connectivity index (χ2v) is 8.07. The molecule has 0 fully saturated rings. The molecular formula is C23H27F3N2O3. The molecule has 8 heteroatoms. The Hall–Kier alpha value is -3.03. The predicted octanol–water partition coefficient (Wildman–Crippen LogP) is 5.17. The standard InChI is InChI=1S/C23H27F3N2O3/c1-5-18(21(30)31-22(2,3)4)28-20(29)17-13-16(23(24,25)26)11-12-19(17)27-14-15-9-7-6-8-10-15/h6-13,18,27H,5,14H2,1-4H3,(H,28,29)/t18-/m0/s1. The molecule has 0 saturated heterocycles. The molecule has 0 radical (unpaired) electrons. The summed E-state index contributed by atoms with van der Waals surface area (Å²) in [6.07, 6.45) is -4.38. The van der Waals surface area contributed by atoms with Crippen molar-refractivity contribution >= 4 is 17.6 Å². The topological polar surface area (TPSA) is 67.4 Å². The number of esters is 1. The van der Waals surface area contributed by atoms with Gasteiger partial charge in [0, 0.05) is 12.2 Å². The van der Waals surface area contributed by atoms with Gasteiger partial charge in [0.25, 0.3) is 5.91 Å². The Kier molecular flexibility index (Phi) is 7.70. The maximum atomic E-state index is 13.2. The summed E-state index contributed by atoms with van der Waals surface area (Å²) < 4.78 is 45.0. The summed E-state index contributed by atoms with van der Waals surface area (Å²) >= 11 is 0. The molecule has 0 heterocycles. The van der Waals surface area contributed by atoms with E-state index in [2.05, 4.69) is 10.6 Å². The first-order chi connectivity index (χ1) is 14.4. The Morgan fingerprint density at radius 2 is 1.68 bits per heavy atom. The molecule has 0 aliphatic rings. The fourth-order valence-electron chi connectivity index (χ4n) is 2.79. The van der Waals surface area contributed by atoms with Crippen molar-refractivity contribution in [1.29, 1.82) is 0 Å². The zero-order chi connectivity index (χ0) is 23.2. The number of carbonyl (C=O) groups is 2. The minimum atomic E-state index is -4.61. The fraction of sp³-hybridized carbons (Fsp3) is 0.391. The number of alkyl halides is 3. The lowest BCUT2D eigenvalue weighted by Crippen LogP contribution is -2.44. The van der Waals surface area contributed by atoms with E-state index in [0.717, 1.165) is 17.7 Å². The summed E-state index contributed by atoms with van der Waals surface area (Å²) in [5.41, 5.74) is -0.781. The summed E-state index contributed by atoms with van der Waals surface area (Å²) in [6, 6.07) is 11.2. The van der Waals surface area contributed by atoms with E-state index >= 15 is 0 Å². The molecule has 31 heavy (non-hydrogen) atoms. The Balaban J connectivity index is 2.29. The number of amides is 1. The molecule has 0 aliphatic carbocycles. The van der Waals surface area contributed by atoms with Crippen molar-refractivity contribution in [3.63, 3.8) is 0 Å². The van der Waals surface area contributed by atoms with Crippen LogP contribution in [0.4, 0.5) is 18.9 Å². The smallest absolute Gasteiger partial charge is 0.416 e. The normalized spacial score (nSPS) is 12.7. The van der Waals surface area contributed by atoms with Gasteiger partial charge in [-0.25, -0.2) is 4.79 Å². The van der Waals surface area contributed by atoms with Crippen LogP contribution in [0.5, 0.6) is 0 Å². The first-order valence-electron chi connectivity index (χ1n) is 9.93. The third-order valence-electron chi connectivity index (χ3n) is 4.32. The second-order valence-electron chi connectivity index (χ2n) is 8.07. The fourth-order valence-corrected chi connectivity index (χ4v) is 2.79. The molecule has 2 rings (SSSR count). The first-order valence-corrected chi connectivity index (χ1v) is 9.93. The zero-order valence-corrected chi connectivity index (χ0v) is 18.0. The van der Waals surface area contributed by atoms with E-state index in [-0.39, 0.29) is 17.7 Å². The van der Waals surface area contributed by atoms with E-state index in [4.69, 9.17) is 4.74 Å². The van der Waals surface area contributed by atoms with Gasteiger partial charge in [-0.1, -0.05) is 37.3 Å². The van der Waals surface area contributed by atoms with Gasteiger partial charge in [-0.3, -0.25) is 4.79 Å². The number of carbonyl (C=O) groups excluding carboxylic acids is 2. The molecule has 5 nitrogen and oxygen atoms in total. The molecule has 2 aromatic rings. The molecule has 0 bridgehead atoms. The van der Waals surface area contributed by atoms with Crippen LogP contribution >= 0.6 is 0 Å². The highest BCUT2D eigenvalue weighted by Gasteiger charge is 2.32. The highest BCUT2D eigenvalue weighted by molar-refractivity contribution is 6.01. The molecule has 2 aromatic carbocycles. The van der Waals surface area contributed by atoms with Crippen LogP contribution in [0.25, 0.3) is 0 Å². The summed E-state index contributed by atoms with van der Waals surface area (Å²) in [7, 11) is 0. The number of benzene rings is 2. The quantitative estimate of drug-likeness (QED) is 0.588. The van der Waals surface area contributed by atoms with Gasteiger partial charge in [0.2, 0.25) is 0 Å². The van der Waals surface area contributed by atoms with Crippen LogP contribution < -0.4 is 10.6 Å². The Bertz CT molecular complexity index is 907. The van der Waals surface area contributed by atoms with Crippen LogP contribution in [0.3, 0.4) is 0 Å². The molecule has 0 spiro atoms. The van der Waals surface area contributed by atoms with Gasteiger partial charge in [-0.2, -0.15) is 13.2 Å². The predicted molar refractivity (Wildman–Crippen MR) is 113 cm³/mol. The summed E-state index contributed by atoms with van der Waals surface area (Å²) in [5.74, 6) is -1.44. The van der Waals surface area contributed by atoms with E-state index in [1.54, 1.807) is 27.7 Å². The van der Waals surface area contributed by atoms with Gasteiger partial charge < -0.3 is 15.4 Å². The van der Waals surface area contributed by atoms with Crippen molar-refractivity contribution in [3.8, 4) is 0 Å². The van der Waals surface area contributed by atoms with Crippen molar-refractivity contribution < 1.29 is 27.5 Å². The molecular weight excluding hydrogens is 409 g/mol. The summed E-state index contributed by atoms with van der Waals surface area (Å²) in [4.78, 5) is 25.2. The summed E-state index contributed by atoms with van der Waals surface area (Å²) in [6.45, 7) is 7.07. The SMILES string of the molecule is CC[C@H](NC(=O)c1cc(C(F)(F)F)ccc1NCc1ccccc1)C(=O)OC(C)(C)C. The van der Waals surface area contributed by atoms with E-state index in [9.17, 15) is 22.8 Å². The van der Waals surface area contributed by atoms with Crippen LogP contribution in [0.15, 0.2) is 48.5 Å². The van der Waals surface area contributed by atoms with Gasteiger partial charge in [0.15, 0.2) is 0 Å². The number of ether oxygens (including phenoxy) is 1. The molecule has 168 valence electrons. The zero-order valence-electron chi connectivity index (χ0n) is 18.0. The van der Waals surface area contributed by atoms with E-state index in [0.29, 0.717) is 6.54 Å². The van der Waals surface area contributed by atoms with Crippen molar-refractivity contribution in [1.82, 2.24) is 5.32 Å². The molecule has 1 amide bonds. The summed E-state index contributed by atoms with van der Waals surface area (Å²) in [5, 5.41) is 5.51. The second kappa shape index (κ2) is 9.85. The van der Waals surface area contributed by atoms with Crippen molar-refractivity contribution in [2.75, 3.05) is 5.32 Å². The van der Waals surface area contributed by atoms with Crippen molar-refractivity contribution in [3.05, 3.63) is 65.2 Å². The van der Waals surface area contributed by atoms with E-state index in [1.165, 1.54) is 6.07 Å². The van der Waals surface area contributed by atoms with E-state index in [1.807, 2.05) is 30.3 Å². The van der Waals surface area contributed by atoms with Crippen LogP contribution in [0, 0.1) is 0 Å². The highest BCUT2D eigenvalue weighted by Crippen LogP contribution is 2.32. The van der Waals surface area contributed by atoms with Gasteiger partial charge in [0.05, 0.1) is 11.1 Å². The number of nitrogens with one attached hydrogen (secondary N) is 2. The number of hydrogen-bond donors (Lipinski definition) is 2. The maximum absolute atomic E-state index is 13.2. The van der Waals surface area contributed by atoms with Gasteiger partial charge >= 0.3 is 12.1 Å². The number of anilines is 1. The molecule has 0 unspecified atom stereocenters. The Morgan fingerprint density at radius 3 is 2.23 bits per heavy atom. The minimum absolute atomic E-state index is 0.201. The lowest BCUT2D eigenvalue weighted by molar-refractivity contribution is -0.157. The van der Waals surface area contributed by atoms with Gasteiger partial charge in [0.1, 0.15) is 11.6 Å². The van der Waals surface area contributed by atoms with Crippen molar-refractivity contribution in [2.45, 2.75) is 58.5 Å². The maximum Gasteiger partial charge on any atom is 0.416 e. The average Bonchev–Trinajstić information content (AvgIpc) is 2.68. The number of halogens is 3. The molecule has 0 saturated carbocycles. The van der Waals surface area contributed by atoms with Crippen LogP contribution in [0.1, 0.15) is 55.6 Å². The Morgan fingerprint density at radius 1 is 1.03 bits per heavy atom. The molecule has 1 atom stereocenters. The molecule has 0 aliphatic heterocycles. The highest BCUT2D eigenvalue weighted by atomic mass is 19.4. The average molecular weight is 436 g/mol. The Labute approximate surface area is 180 Å². The van der Waals surface area contributed by atoms with E-state index < -0.39 is 35.3 Å². The van der Waals surface area contributed by atoms with Gasteiger partial charge in [-0.15, -0.1) is 0 Å². The molecule has 0 aromatic heterocycles.